The van der Waals surface area contributed by atoms with Crippen molar-refractivity contribution in [1.29, 1.82) is 0 Å². The highest BCUT2D eigenvalue weighted by atomic mass is 79.9. The Labute approximate surface area is 135 Å². The number of halogens is 3. The van der Waals surface area contributed by atoms with Crippen molar-refractivity contribution in [2.45, 2.75) is 4.32 Å². The number of carbonyl (C=O) groups is 1. The SMILES string of the molecule is Br.Nc1cc(C(Br)(C=O)c2ccc(Cl)cc2)ccn1. The summed E-state index contributed by atoms with van der Waals surface area (Å²) in [5.74, 6) is 0.368. The molecule has 19 heavy (non-hydrogen) atoms. The highest BCUT2D eigenvalue weighted by Crippen LogP contribution is 2.37. The van der Waals surface area contributed by atoms with Gasteiger partial charge in [-0.1, -0.05) is 39.7 Å². The lowest BCUT2D eigenvalue weighted by Crippen LogP contribution is -2.21. The largest absolute Gasteiger partial charge is 0.384 e. The summed E-state index contributed by atoms with van der Waals surface area (Å²) in [7, 11) is 0. The van der Waals surface area contributed by atoms with Crippen molar-refractivity contribution in [3.63, 3.8) is 0 Å². The van der Waals surface area contributed by atoms with E-state index >= 15 is 0 Å². The molecule has 2 aromatic rings. The molecule has 1 heterocycles. The van der Waals surface area contributed by atoms with E-state index in [-0.39, 0.29) is 17.0 Å². The Balaban J connectivity index is 0.00000180. The van der Waals surface area contributed by atoms with E-state index in [2.05, 4.69) is 20.9 Å². The lowest BCUT2D eigenvalue weighted by molar-refractivity contribution is -0.109. The van der Waals surface area contributed by atoms with Crippen LogP contribution in [0, 0.1) is 0 Å². The minimum atomic E-state index is -0.936. The molecule has 100 valence electrons. The summed E-state index contributed by atoms with van der Waals surface area (Å²) in [6.07, 6.45) is 2.39. The van der Waals surface area contributed by atoms with Crippen molar-refractivity contribution < 1.29 is 4.79 Å². The molecule has 1 aromatic heterocycles. The zero-order chi connectivity index (χ0) is 13.2. The summed E-state index contributed by atoms with van der Waals surface area (Å²) < 4.78 is -0.936. The van der Waals surface area contributed by atoms with Gasteiger partial charge in [0.25, 0.3) is 0 Å². The topological polar surface area (TPSA) is 56.0 Å². The molecular formula is C13H11Br2ClN2O. The first kappa shape index (κ1) is 16.1. The van der Waals surface area contributed by atoms with Crippen LogP contribution in [0.5, 0.6) is 0 Å². The maximum atomic E-state index is 11.5. The number of aldehydes is 1. The second-order valence-electron chi connectivity index (χ2n) is 3.81. The Bertz CT molecular complexity index is 577. The summed E-state index contributed by atoms with van der Waals surface area (Å²) in [5, 5.41) is 0.619. The van der Waals surface area contributed by atoms with Gasteiger partial charge in [0.2, 0.25) is 0 Å². The van der Waals surface area contributed by atoms with Crippen molar-refractivity contribution in [2.24, 2.45) is 0 Å². The summed E-state index contributed by atoms with van der Waals surface area (Å²) in [5.41, 5.74) is 7.16. The average molecular weight is 407 g/mol. The number of benzene rings is 1. The summed E-state index contributed by atoms with van der Waals surface area (Å²) >= 11 is 9.31. The van der Waals surface area contributed by atoms with Gasteiger partial charge in [-0.2, -0.15) is 0 Å². The number of rotatable bonds is 3. The second-order valence-corrected chi connectivity index (χ2v) is 5.49. The van der Waals surface area contributed by atoms with E-state index in [1.807, 2.05) is 0 Å². The standard InChI is InChI=1S/C13H10BrClN2O.BrH/c14-13(8-18,9-1-3-11(15)4-2-9)10-5-6-17-12(16)7-10;/h1-8H,(H2,16,17);1H. The van der Waals surface area contributed by atoms with Gasteiger partial charge in [0.1, 0.15) is 16.4 Å². The first-order valence-electron chi connectivity index (χ1n) is 5.19. The van der Waals surface area contributed by atoms with Gasteiger partial charge in [-0.25, -0.2) is 4.98 Å². The van der Waals surface area contributed by atoms with Gasteiger partial charge in [-0.15, -0.1) is 17.0 Å². The Morgan fingerprint density at radius 1 is 1.21 bits per heavy atom. The van der Waals surface area contributed by atoms with Crippen LogP contribution in [0.4, 0.5) is 5.82 Å². The number of nitrogen functional groups attached to an aromatic ring is 1. The number of hydrogen-bond donors (Lipinski definition) is 1. The summed E-state index contributed by atoms with van der Waals surface area (Å²) in [6, 6.07) is 10.5. The van der Waals surface area contributed by atoms with Crippen LogP contribution in [-0.2, 0) is 9.12 Å². The molecule has 1 unspecified atom stereocenters. The molecule has 0 saturated carbocycles. The normalized spacial score (nSPS) is 13.2. The number of anilines is 1. The van der Waals surface area contributed by atoms with Crippen molar-refractivity contribution in [1.82, 2.24) is 4.98 Å². The molecule has 0 aliphatic heterocycles. The molecule has 0 aliphatic rings. The first-order valence-corrected chi connectivity index (χ1v) is 6.36. The number of alkyl halides is 1. The molecule has 2 N–H and O–H groups in total. The van der Waals surface area contributed by atoms with Crippen LogP contribution in [0.3, 0.4) is 0 Å². The predicted molar refractivity (Wildman–Crippen MR) is 86.2 cm³/mol. The number of nitrogens with two attached hydrogens (primary N) is 1. The number of pyridine rings is 1. The molecule has 3 nitrogen and oxygen atoms in total. The third-order valence-corrected chi connectivity index (χ3v) is 3.98. The Morgan fingerprint density at radius 2 is 1.84 bits per heavy atom. The third kappa shape index (κ3) is 3.35. The minimum absolute atomic E-state index is 0. The quantitative estimate of drug-likeness (QED) is 0.624. The lowest BCUT2D eigenvalue weighted by atomic mass is 9.93. The fourth-order valence-corrected chi connectivity index (χ4v) is 2.31. The van der Waals surface area contributed by atoms with Crippen LogP contribution in [0.1, 0.15) is 11.1 Å². The van der Waals surface area contributed by atoms with Gasteiger partial charge in [0, 0.05) is 11.2 Å². The van der Waals surface area contributed by atoms with E-state index < -0.39 is 4.32 Å². The average Bonchev–Trinajstić information content (AvgIpc) is 2.38. The highest BCUT2D eigenvalue weighted by molar-refractivity contribution is 9.10. The van der Waals surface area contributed by atoms with E-state index in [1.165, 1.54) is 0 Å². The van der Waals surface area contributed by atoms with Crippen LogP contribution in [0.2, 0.25) is 5.02 Å². The summed E-state index contributed by atoms with van der Waals surface area (Å²) in [6.45, 7) is 0. The van der Waals surface area contributed by atoms with Crippen molar-refractivity contribution in [2.75, 3.05) is 5.73 Å². The third-order valence-electron chi connectivity index (χ3n) is 2.63. The lowest BCUT2D eigenvalue weighted by Gasteiger charge is -2.22. The fraction of sp³-hybridized carbons (Fsp3) is 0.0769. The fourth-order valence-electron chi connectivity index (χ4n) is 1.67. The van der Waals surface area contributed by atoms with Crippen molar-refractivity contribution in [3.05, 3.63) is 58.7 Å². The molecule has 0 amide bonds. The van der Waals surface area contributed by atoms with E-state index in [0.29, 0.717) is 10.8 Å². The minimum Gasteiger partial charge on any atom is -0.384 e. The van der Waals surface area contributed by atoms with Crippen LogP contribution >= 0.6 is 44.5 Å². The number of hydrogen-bond acceptors (Lipinski definition) is 3. The second kappa shape index (κ2) is 6.50. The van der Waals surface area contributed by atoms with Gasteiger partial charge in [-0.3, -0.25) is 0 Å². The Morgan fingerprint density at radius 3 is 2.37 bits per heavy atom. The molecule has 1 atom stereocenters. The molecule has 0 spiro atoms. The van der Waals surface area contributed by atoms with Crippen LogP contribution in [-0.4, -0.2) is 11.3 Å². The summed E-state index contributed by atoms with van der Waals surface area (Å²) in [4.78, 5) is 15.4. The first-order chi connectivity index (χ1) is 8.56. The molecule has 2 rings (SSSR count). The van der Waals surface area contributed by atoms with Gasteiger partial charge in [-0.05, 0) is 35.4 Å². The molecule has 0 saturated heterocycles. The van der Waals surface area contributed by atoms with Crippen LogP contribution < -0.4 is 5.73 Å². The molecule has 1 aromatic carbocycles. The molecule has 0 aliphatic carbocycles. The van der Waals surface area contributed by atoms with Gasteiger partial charge >= 0.3 is 0 Å². The van der Waals surface area contributed by atoms with E-state index in [1.54, 1.807) is 42.6 Å². The van der Waals surface area contributed by atoms with Gasteiger partial charge in [0.15, 0.2) is 0 Å². The van der Waals surface area contributed by atoms with Crippen molar-refractivity contribution in [3.8, 4) is 0 Å². The molecule has 0 bridgehead atoms. The predicted octanol–water partition coefficient (Wildman–Crippen LogP) is 3.73. The molecule has 0 fully saturated rings. The number of carbonyl (C=O) groups excluding carboxylic acids is 1. The monoisotopic (exact) mass is 404 g/mol. The zero-order valence-electron chi connectivity index (χ0n) is 9.72. The Hall–Kier alpha value is -0.910. The maximum absolute atomic E-state index is 11.5. The Kier molecular flexibility index (Phi) is 5.52. The van der Waals surface area contributed by atoms with Gasteiger partial charge in [0.05, 0.1) is 0 Å². The van der Waals surface area contributed by atoms with Gasteiger partial charge < -0.3 is 10.5 Å². The molecular weight excluding hydrogens is 395 g/mol. The smallest absolute Gasteiger partial charge is 0.145 e. The van der Waals surface area contributed by atoms with Crippen LogP contribution in [0.15, 0.2) is 42.6 Å². The molecule has 0 radical (unpaired) electrons. The highest BCUT2D eigenvalue weighted by Gasteiger charge is 2.31. The number of aromatic nitrogens is 1. The van der Waals surface area contributed by atoms with E-state index in [0.717, 1.165) is 17.4 Å². The van der Waals surface area contributed by atoms with Crippen LogP contribution in [0.25, 0.3) is 0 Å². The van der Waals surface area contributed by atoms with E-state index in [4.69, 9.17) is 17.3 Å². The number of nitrogens with zero attached hydrogens (tertiary/aromatic N) is 1. The zero-order valence-corrected chi connectivity index (χ0v) is 13.8. The van der Waals surface area contributed by atoms with E-state index in [9.17, 15) is 4.79 Å². The molecule has 6 heteroatoms. The maximum Gasteiger partial charge on any atom is 0.145 e. The van der Waals surface area contributed by atoms with Crippen molar-refractivity contribution >= 4 is 56.6 Å².